The molecule has 35 heavy (non-hydrogen) atoms. The Morgan fingerprint density at radius 1 is 1.09 bits per heavy atom. The molecule has 0 aliphatic carbocycles. The van der Waals surface area contributed by atoms with E-state index in [9.17, 15) is 10.1 Å². The smallest absolute Gasteiger partial charge is 0.270 e. The zero-order chi connectivity index (χ0) is 24.9. The Balaban J connectivity index is 1.58. The number of halogens is 2. The molecule has 0 unspecified atom stereocenters. The maximum Gasteiger partial charge on any atom is 0.270 e. The van der Waals surface area contributed by atoms with Gasteiger partial charge in [-0.25, -0.2) is 0 Å². The number of nitrogens with zero attached hydrogens (tertiary/aromatic N) is 2. The van der Waals surface area contributed by atoms with Crippen molar-refractivity contribution < 1.29 is 14.3 Å². The van der Waals surface area contributed by atoms with Crippen LogP contribution in [0.1, 0.15) is 23.6 Å². The van der Waals surface area contributed by atoms with Crippen molar-refractivity contribution in [2.24, 2.45) is 0 Å². The Kier molecular flexibility index (Phi) is 7.99. The van der Waals surface area contributed by atoms with Gasteiger partial charge in [-0.2, -0.15) is 5.26 Å². The van der Waals surface area contributed by atoms with Gasteiger partial charge in [-0.1, -0.05) is 71.4 Å². The molecule has 1 saturated heterocycles. The summed E-state index contributed by atoms with van der Waals surface area (Å²) >= 11 is 18.9. The molecule has 1 aliphatic rings. The van der Waals surface area contributed by atoms with Crippen molar-refractivity contribution in [3.8, 4) is 17.6 Å². The van der Waals surface area contributed by atoms with Crippen LogP contribution in [0.5, 0.6) is 11.5 Å². The first-order chi connectivity index (χ1) is 16.9. The predicted molar refractivity (Wildman–Crippen MR) is 145 cm³/mol. The fraction of sp³-hybridized carbons (Fsp3) is 0.115. The molecule has 0 saturated carbocycles. The van der Waals surface area contributed by atoms with Crippen molar-refractivity contribution in [3.63, 3.8) is 0 Å². The van der Waals surface area contributed by atoms with Crippen LogP contribution in [0, 0.1) is 11.3 Å². The lowest BCUT2D eigenvalue weighted by molar-refractivity contribution is -0.113. The lowest BCUT2D eigenvalue weighted by Crippen LogP contribution is -2.27. The highest BCUT2D eigenvalue weighted by Gasteiger charge is 2.34. The number of hydrogen-bond acceptors (Lipinski definition) is 6. The molecule has 0 atom stereocenters. The van der Waals surface area contributed by atoms with E-state index in [1.807, 2.05) is 31.2 Å². The lowest BCUT2D eigenvalue weighted by Gasteiger charge is -2.16. The van der Waals surface area contributed by atoms with Crippen LogP contribution in [0.2, 0.25) is 10.0 Å². The number of benzene rings is 3. The van der Waals surface area contributed by atoms with E-state index < -0.39 is 0 Å². The topological polar surface area (TPSA) is 62.6 Å². The van der Waals surface area contributed by atoms with Gasteiger partial charge >= 0.3 is 0 Å². The summed E-state index contributed by atoms with van der Waals surface area (Å²) in [5.74, 6) is 0.805. The first-order valence-corrected chi connectivity index (χ1v) is 12.5. The molecule has 0 bridgehead atoms. The molecule has 0 radical (unpaired) electrons. The number of carbonyl (C=O) groups excluding carboxylic acids is 1. The fourth-order valence-electron chi connectivity index (χ4n) is 3.40. The standard InChI is InChI=1S/C26H18Cl2N2O3S2/c1-2-32-23-11-16(7-10-22(23)33-15-18-6-4-3-5-17(18)14-29)12-24-25(31)30(26(34)35-24)21-9-8-19(27)13-20(21)28/h3-13H,2,15H2,1H3/b24-12-. The van der Waals surface area contributed by atoms with Gasteiger partial charge in [-0.05, 0) is 55.0 Å². The van der Waals surface area contributed by atoms with Crippen LogP contribution in [-0.4, -0.2) is 16.8 Å². The van der Waals surface area contributed by atoms with E-state index in [-0.39, 0.29) is 12.5 Å². The van der Waals surface area contributed by atoms with Gasteiger partial charge in [0.15, 0.2) is 15.8 Å². The molecule has 1 amide bonds. The Hall–Kier alpha value is -3.02. The zero-order valence-electron chi connectivity index (χ0n) is 18.5. The number of nitriles is 1. The Morgan fingerprint density at radius 2 is 1.89 bits per heavy atom. The summed E-state index contributed by atoms with van der Waals surface area (Å²) in [7, 11) is 0. The predicted octanol–water partition coefficient (Wildman–Crippen LogP) is 7.25. The second-order valence-corrected chi connectivity index (χ2v) is 9.83. The maximum atomic E-state index is 13.1. The molecule has 176 valence electrons. The summed E-state index contributed by atoms with van der Waals surface area (Å²) in [4.78, 5) is 15.0. The van der Waals surface area contributed by atoms with Crippen LogP contribution in [0.25, 0.3) is 6.08 Å². The van der Waals surface area contributed by atoms with E-state index in [1.54, 1.807) is 42.5 Å². The van der Waals surface area contributed by atoms with E-state index in [4.69, 9.17) is 44.9 Å². The van der Waals surface area contributed by atoms with Gasteiger partial charge in [-0.15, -0.1) is 0 Å². The second kappa shape index (κ2) is 11.1. The molecule has 9 heteroatoms. The zero-order valence-corrected chi connectivity index (χ0v) is 21.6. The summed E-state index contributed by atoms with van der Waals surface area (Å²) in [6.07, 6.45) is 1.75. The normalized spacial score (nSPS) is 14.3. The molecule has 1 fully saturated rings. The Labute approximate surface area is 222 Å². The average molecular weight is 541 g/mol. The van der Waals surface area contributed by atoms with E-state index in [0.29, 0.717) is 48.6 Å². The number of amides is 1. The molecular formula is C26H18Cl2N2O3S2. The molecule has 3 aromatic rings. The Morgan fingerprint density at radius 3 is 2.63 bits per heavy atom. The first-order valence-electron chi connectivity index (χ1n) is 10.5. The number of thiocarbonyl (C=S) groups is 1. The largest absolute Gasteiger partial charge is 0.490 e. The van der Waals surface area contributed by atoms with Crippen molar-refractivity contribution in [1.29, 1.82) is 5.26 Å². The Bertz CT molecular complexity index is 1390. The summed E-state index contributed by atoms with van der Waals surface area (Å²) in [6.45, 7) is 2.54. The molecule has 0 N–H and O–H groups in total. The molecule has 0 spiro atoms. The third kappa shape index (κ3) is 5.63. The van der Waals surface area contributed by atoms with Crippen LogP contribution >= 0.6 is 47.2 Å². The van der Waals surface area contributed by atoms with Crippen LogP contribution in [0.15, 0.2) is 65.6 Å². The van der Waals surface area contributed by atoms with Crippen LogP contribution < -0.4 is 14.4 Å². The molecule has 0 aromatic heterocycles. The van der Waals surface area contributed by atoms with Crippen molar-refractivity contribution in [3.05, 3.63) is 92.3 Å². The van der Waals surface area contributed by atoms with Crippen molar-refractivity contribution in [2.45, 2.75) is 13.5 Å². The van der Waals surface area contributed by atoms with E-state index in [1.165, 1.54) is 16.7 Å². The molecular weight excluding hydrogens is 523 g/mol. The van der Waals surface area contributed by atoms with Crippen molar-refractivity contribution in [1.82, 2.24) is 0 Å². The lowest BCUT2D eigenvalue weighted by atomic mass is 10.1. The average Bonchev–Trinajstić information content (AvgIpc) is 3.11. The molecule has 3 aromatic carbocycles. The second-order valence-electron chi connectivity index (χ2n) is 7.31. The van der Waals surface area contributed by atoms with E-state index in [2.05, 4.69) is 6.07 Å². The van der Waals surface area contributed by atoms with Gasteiger partial charge in [0.1, 0.15) is 6.61 Å². The van der Waals surface area contributed by atoms with Gasteiger partial charge in [0.05, 0.1) is 33.9 Å². The minimum atomic E-state index is -0.268. The van der Waals surface area contributed by atoms with Crippen molar-refractivity contribution >= 4 is 69.2 Å². The van der Waals surface area contributed by atoms with Gasteiger partial charge in [-0.3, -0.25) is 9.69 Å². The number of anilines is 1. The van der Waals surface area contributed by atoms with Gasteiger partial charge < -0.3 is 9.47 Å². The summed E-state index contributed by atoms with van der Waals surface area (Å²) < 4.78 is 12.1. The highest BCUT2D eigenvalue weighted by Crippen LogP contribution is 2.40. The number of rotatable bonds is 7. The van der Waals surface area contributed by atoms with Gasteiger partial charge in [0, 0.05) is 10.6 Å². The molecule has 4 rings (SSSR count). The van der Waals surface area contributed by atoms with Gasteiger partial charge in [0.25, 0.3) is 5.91 Å². The molecule has 1 heterocycles. The number of thioether (sulfide) groups is 1. The monoisotopic (exact) mass is 540 g/mol. The number of carbonyl (C=O) groups is 1. The minimum absolute atomic E-state index is 0.226. The maximum absolute atomic E-state index is 13.1. The SMILES string of the molecule is CCOc1cc(/C=C2\SC(=S)N(c3ccc(Cl)cc3Cl)C2=O)ccc1OCc1ccccc1C#N. The number of ether oxygens (including phenoxy) is 2. The quantitative estimate of drug-likeness (QED) is 0.232. The molecule has 1 aliphatic heterocycles. The number of hydrogen-bond donors (Lipinski definition) is 0. The van der Waals surface area contributed by atoms with E-state index >= 15 is 0 Å². The third-order valence-electron chi connectivity index (χ3n) is 5.03. The van der Waals surface area contributed by atoms with E-state index in [0.717, 1.165) is 11.1 Å². The van der Waals surface area contributed by atoms with Gasteiger partial charge in [0.2, 0.25) is 0 Å². The highest BCUT2D eigenvalue weighted by atomic mass is 35.5. The fourth-order valence-corrected chi connectivity index (χ4v) is 5.18. The summed E-state index contributed by atoms with van der Waals surface area (Å²) in [5.41, 5.74) is 2.58. The van der Waals surface area contributed by atoms with Crippen molar-refractivity contribution in [2.75, 3.05) is 11.5 Å². The summed E-state index contributed by atoms with van der Waals surface area (Å²) in [6, 6.07) is 19.8. The third-order valence-corrected chi connectivity index (χ3v) is 6.87. The molecule has 5 nitrogen and oxygen atoms in total. The minimum Gasteiger partial charge on any atom is -0.490 e. The summed E-state index contributed by atoms with van der Waals surface area (Å²) in [5, 5.41) is 10.1. The van der Waals surface area contributed by atoms with Crippen LogP contribution in [0.4, 0.5) is 5.69 Å². The highest BCUT2D eigenvalue weighted by molar-refractivity contribution is 8.27. The van der Waals surface area contributed by atoms with Crippen LogP contribution in [-0.2, 0) is 11.4 Å². The van der Waals surface area contributed by atoms with Crippen LogP contribution in [0.3, 0.4) is 0 Å². The first kappa shape index (κ1) is 25.1.